The van der Waals surface area contributed by atoms with Crippen molar-refractivity contribution in [3.05, 3.63) is 59.9 Å². The molecule has 0 spiro atoms. The Balaban J connectivity index is 1.75. The summed E-state index contributed by atoms with van der Waals surface area (Å²) >= 11 is -1.69. The van der Waals surface area contributed by atoms with Crippen LogP contribution in [-0.2, 0) is 27.3 Å². The van der Waals surface area contributed by atoms with E-state index in [0.29, 0.717) is 37.5 Å². The molecule has 0 aliphatic carbocycles. The van der Waals surface area contributed by atoms with E-state index in [-0.39, 0.29) is 24.3 Å². The summed E-state index contributed by atoms with van der Waals surface area (Å²) in [4.78, 5) is 12.9. The number of rotatable bonds is 11. The van der Waals surface area contributed by atoms with E-state index >= 15 is 0 Å². The highest BCUT2D eigenvalue weighted by molar-refractivity contribution is 7.89. The number of hydrogen-bond acceptors (Lipinski definition) is 7. The third-order valence-electron chi connectivity index (χ3n) is 5.59. The van der Waals surface area contributed by atoms with Gasteiger partial charge in [-0.2, -0.15) is 0 Å². The summed E-state index contributed by atoms with van der Waals surface area (Å²) in [5.74, 6) is -0.448. The highest BCUT2D eigenvalue weighted by Crippen LogP contribution is 2.22. The quantitative estimate of drug-likeness (QED) is 0.316. The Bertz CT molecular complexity index is 946. The minimum atomic E-state index is -1.69. The topological polar surface area (TPSA) is 120 Å². The molecule has 10 heteroatoms. The lowest BCUT2D eigenvalue weighted by atomic mass is 10.0. The zero-order chi connectivity index (χ0) is 25.4. The summed E-state index contributed by atoms with van der Waals surface area (Å²) in [7, 11) is 0. The van der Waals surface area contributed by atoms with Crippen molar-refractivity contribution in [1.29, 1.82) is 0 Å². The maximum atomic E-state index is 13.6. The SMILES string of the molecule is CC(C)CN(C[C@@H](O)[C@H](Cc1ccccc1)NC(=O)O[C@H]1CCOC1)[S+]([O-])c1ccc(F)c(N)c1. The molecule has 1 saturated heterocycles. The third kappa shape index (κ3) is 8.36. The first-order valence-electron chi connectivity index (χ1n) is 11.7. The van der Waals surface area contributed by atoms with Crippen LogP contribution in [0, 0.1) is 11.7 Å². The second-order valence-electron chi connectivity index (χ2n) is 9.07. The van der Waals surface area contributed by atoms with Gasteiger partial charge in [-0.1, -0.05) is 44.2 Å². The van der Waals surface area contributed by atoms with Gasteiger partial charge in [0.2, 0.25) is 0 Å². The minimum Gasteiger partial charge on any atom is -0.593 e. The van der Waals surface area contributed by atoms with Crippen LogP contribution in [0.25, 0.3) is 0 Å². The van der Waals surface area contributed by atoms with Crippen LogP contribution in [0.15, 0.2) is 53.4 Å². The molecule has 3 rings (SSSR count). The second-order valence-corrected chi connectivity index (χ2v) is 10.6. The zero-order valence-electron chi connectivity index (χ0n) is 20.1. The van der Waals surface area contributed by atoms with Crippen molar-refractivity contribution in [3.8, 4) is 0 Å². The van der Waals surface area contributed by atoms with Crippen molar-refractivity contribution in [2.45, 2.75) is 49.8 Å². The van der Waals surface area contributed by atoms with Crippen molar-refractivity contribution < 1.29 is 28.3 Å². The Labute approximate surface area is 208 Å². The van der Waals surface area contributed by atoms with Gasteiger partial charge in [0, 0.05) is 19.0 Å². The number of benzene rings is 2. The lowest BCUT2D eigenvalue weighted by Gasteiger charge is -2.31. The van der Waals surface area contributed by atoms with E-state index in [1.807, 2.05) is 44.2 Å². The number of carbonyl (C=O) groups is 1. The molecule has 0 radical (unpaired) electrons. The monoisotopic (exact) mass is 507 g/mol. The predicted molar refractivity (Wildman–Crippen MR) is 132 cm³/mol. The number of hydrogen-bond donors (Lipinski definition) is 3. The summed E-state index contributed by atoms with van der Waals surface area (Å²) in [6, 6.07) is 12.7. The molecule has 1 fully saturated rings. The van der Waals surface area contributed by atoms with Crippen LogP contribution in [0.2, 0.25) is 0 Å². The van der Waals surface area contributed by atoms with Gasteiger partial charge in [-0.15, -0.1) is 4.31 Å². The number of aliphatic hydroxyl groups excluding tert-OH is 1. The molecule has 192 valence electrons. The first kappa shape index (κ1) is 27.2. The van der Waals surface area contributed by atoms with Gasteiger partial charge in [-0.25, -0.2) is 9.18 Å². The van der Waals surface area contributed by atoms with Crippen molar-refractivity contribution in [3.63, 3.8) is 0 Å². The molecule has 35 heavy (non-hydrogen) atoms. The Kier molecular flexibility index (Phi) is 10.2. The van der Waals surface area contributed by atoms with Gasteiger partial charge >= 0.3 is 6.09 Å². The molecule has 0 saturated carbocycles. The molecular formula is C25H34FN3O5S. The number of ether oxygens (including phenoxy) is 2. The Morgan fingerprint density at radius 2 is 2.06 bits per heavy atom. The molecule has 0 bridgehead atoms. The zero-order valence-corrected chi connectivity index (χ0v) is 20.9. The largest absolute Gasteiger partial charge is 0.593 e. The summed E-state index contributed by atoms with van der Waals surface area (Å²) in [5, 5.41) is 14.0. The van der Waals surface area contributed by atoms with Crippen LogP contribution in [-0.4, -0.2) is 64.6 Å². The van der Waals surface area contributed by atoms with Gasteiger partial charge in [0.15, 0.2) is 4.90 Å². The van der Waals surface area contributed by atoms with Crippen LogP contribution in [0.3, 0.4) is 0 Å². The third-order valence-corrected chi connectivity index (χ3v) is 7.02. The van der Waals surface area contributed by atoms with Crippen molar-refractivity contribution in [2.24, 2.45) is 5.92 Å². The number of halogens is 1. The van der Waals surface area contributed by atoms with Crippen molar-refractivity contribution in [2.75, 3.05) is 32.0 Å². The smallest absolute Gasteiger partial charge is 0.407 e. The van der Waals surface area contributed by atoms with Crippen LogP contribution < -0.4 is 11.1 Å². The molecule has 1 unspecified atom stereocenters. The van der Waals surface area contributed by atoms with E-state index in [1.54, 1.807) is 4.31 Å². The Hall–Kier alpha value is -2.37. The highest BCUT2D eigenvalue weighted by Gasteiger charge is 2.32. The number of aliphatic hydroxyl groups is 1. The molecule has 2 aromatic carbocycles. The molecule has 0 aromatic heterocycles. The van der Waals surface area contributed by atoms with Crippen LogP contribution in [0.5, 0.6) is 0 Å². The second kappa shape index (κ2) is 13.1. The van der Waals surface area contributed by atoms with Gasteiger partial charge in [0.05, 0.1) is 49.0 Å². The highest BCUT2D eigenvalue weighted by atomic mass is 32.2. The molecule has 1 amide bonds. The standard InChI is InChI=1S/C25H34FN3O5S/c1-17(2)14-29(35(32)20-8-9-21(26)22(27)13-20)15-24(30)23(12-18-6-4-3-5-7-18)28-25(31)34-19-10-11-33-16-19/h3-9,13,17,19,23-24,30H,10-12,14-16,27H2,1-2H3,(H,28,31)/t19-,23-,24+,35?/m0/s1. The summed E-state index contributed by atoms with van der Waals surface area (Å²) in [6.07, 6.45) is -1.05. The molecule has 1 aliphatic rings. The first-order valence-corrected chi connectivity index (χ1v) is 12.8. The summed E-state index contributed by atoms with van der Waals surface area (Å²) in [5.41, 5.74) is 6.50. The molecular weight excluding hydrogens is 473 g/mol. The molecule has 8 nitrogen and oxygen atoms in total. The average Bonchev–Trinajstić information content (AvgIpc) is 3.32. The summed E-state index contributed by atoms with van der Waals surface area (Å²) in [6.45, 7) is 5.24. The molecule has 2 aromatic rings. The molecule has 1 aliphatic heterocycles. The number of anilines is 1. The van der Waals surface area contributed by atoms with E-state index in [0.717, 1.165) is 5.56 Å². The van der Waals surface area contributed by atoms with Crippen molar-refractivity contribution >= 4 is 23.1 Å². The van der Waals surface area contributed by atoms with E-state index < -0.39 is 35.4 Å². The maximum absolute atomic E-state index is 13.6. The molecule has 1 heterocycles. The number of amides is 1. The summed E-state index contributed by atoms with van der Waals surface area (Å²) < 4.78 is 39.3. The van der Waals surface area contributed by atoms with E-state index in [4.69, 9.17) is 15.2 Å². The fraction of sp³-hybridized carbons (Fsp3) is 0.480. The van der Waals surface area contributed by atoms with Gasteiger partial charge < -0.3 is 30.2 Å². The fourth-order valence-corrected chi connectivity index (χ4v) is 5.26. The van der Waals surface area contributed by atoms with Gasteiger partial charge in [0.1, 0.15) is 11.9 Å². The maximum Gasteiger partial charge on any atom is 0.407 e. The molecule has 4 atom stereocenters. The normalized spacial score (nSPS) is 18.4. The lowest BCUT2D eigenvalue weighted by Crippen LogP contribution is -2.51. The van der Waals surface area contributed by atoms with E-state index in [2.05, 4.69) is 5.32 Å². The number of nitrogens with one attached hydrogen (secondary N) is 1. The number of nitrogens with two attached hydrogens (primary N) is 1. The van der Waals surface area contributed by atoms with Crippen LogP contribution in [0.4, 0.5) is 14.9 Å². The Morgan fingerprint density at radius 3 is 2.69 bits per heavy atom. The van der Waals surface area contributed by atoms with E-state index in [9.17, 15) is 18.8 Å². The average molecular weight is 508 g/mol. The van der Waals surface area contributed by atoms with E-state index in [1.165, 1.54) is 18.2 Å². The van der Waals surface area contributed by atoms with Gasteiger partial charge in [0.25, 0.3) is 0 Å². The van der Waals surface area contributed by atoms with Gasteiger partial charge in [-0.05, 0) is 30.0 Å². The number of nitrogens with zero attached hydrogens (tertiary/aromatic N) is 1. The minimum absolute atomic E-state index is 0.00634. The predicted octanol–water partition coefficient (Wildman–Crippen LogP) is 2.88. The number of nitrogen functional groups attached to an aromatic ring is 1. The van der Waals surface area contributed by atoms with Crippen LogP contribution in [0.1, 0.15) is 25.8 Å². The number of alkyl carbamates (subject to hydrolysis) is 1. The van der Waals surface area contributed by atoms with Gasteiger partial charge in [-0.3, -0.25) is 0 Å². The Morgan fingerprint density at radius 1 is 1.31 bits per heavy atom. The molecule has 4 N–H and O–H groups in total. The fourth-order valence-electron chi connectivity index (χ4n) is 3.83. The lowest BCUT2D eigenvalue weighted by molar-refractivity contribution is 0.0644. The number of carbonyl (C=O) groups excluding carboxylic acids is 1. The van der Waals surface area contributed by atoms with Crippen molar-refractivity contribution in [1.82, 2.24) is 9.62 Å². The first-order chi connectivity index (χ1) is 16.7. The van der Waals surface area contributed by atoms with Crippen LogP contribution >= 0.6 is 0 Å².